The minimum absolute atomic E-state index is 0.164. The molecule has 0 aliphatic carbocycles. The Balaban J connectivity index is 0.000000637. The number of aromatic amines is 1. The third-order valence-electron chi connectivity index (χ3n) is 2.62. The van der Waals surface area contributed by atoms with E-state index in [0.29, 0.717) is 11.5 Å². The Morgan fingerprint density at radius 2 is 1.84 bits per heavy atom. The van der Waals surface area contributed by atoms with E-state index >= 15 is 0 Å². The molecule has 5 nitrogen and oxygen atoms in total. The molecule has 0 spiro atoms. The summed E-state index contributed by atoms with van der Waals surface area (Å²) in [7, 11) is 0. The molecule has 5 heteroatoms. The number of nitrogens with one attached hydrogen (secondary N) is 1. The van der Waals surface area contributed by atoms with Gasteiger partial charge in [-0.3, -0.25) is 9.89 Å². The lowest BCUT2D eigenvalue weighted by Crippen LogP contribution is -2.14. The molecule has 0 aliphatic heterocycles. The second-order valence-corrected chi connectivity index (χ2v) is 3.87. The number of aryl methyl sites for hydroxylation is 1. The van der Waals surface area contributed by atoms with Gasteiger partial charge in [-0.05, 0) is 6.92 Å². The fourth-order valence-corrected chi connectivity index (χ4v) is 1.69. The summed E-state index contributed by atoms with van der Waals surface area (Å²) in [6.45, 7) is 6.02. The van der Waals surface area contributed by atoms with Crippen LogP contribution in [0.4, 0.5) is 0 Å². The van der Waals surface area contributed by atoms with Crippen molar-refractivity contribution in [2.24, 2.45) is 0 Å². The van der Waals surface area contributed by atoms with Crippen LogP contribution in [0.1, 0.15) is 19.4 Å². The second kappa shape index (κ2) is 5.48. The molecule has 3 rings (SSSR count). The number of hydrogen-bond donors (Lipinski definition) is 1. The number of hydrogen-bond acceptors (Lipinski definition) is 3. The van der Waals surface area contributed by atoms with Crippen molar-refractivity contribution in [1.29, 1.82) is 0 Å². The van der Waals surface area contributed by atoms with E-state index in [1.807, 2.05) is 45.0 Å². The Labute approximate surface area is 110 Å². The molecule has 0 saturated carbocycles. The Morgan fingerprint density at radius 1 is 1.16 bits per heavy atom. The third kappa shape index (κ3) is 2.54. The zero-order valence-electron chi connectivity index (χ0n) is 11.2. The number of fused-ring (bicyclic) bond motifs is 1. The standard InChI is InChI=1S/C12H10N4O.C2H6/c1-8-2-4-9(5-3-8)10-6-11(17)16-12(15-10)13-7-14-16;1-2/h2-7H,1H3,(H,13,14,15);1-2H3. The molecule has 0 radical (unpaired) electrons. The van der Waals surface area contributed by atoms with E-state index in [1.54, 1.807) is 0 Å². The van der Waals surface area contributed by atoms with Crippen LogP contribution in [0, 0.1) is 6.92 Å². The summed E-state index contributed by atoms with van der Waals surface area (Å²) in [4.78, 5) is 20.0. The summed E-state index contributed by atoms with van der Waals surface area (Å²) in [6, 6.07) is 9.36. The van der Waals surface area contributed by atoms with Gasteiger partial charge in [0.15, 0.2) is 0 Å². The van der Waals surface area contributed by atoms with Crippen molar-refractivity contribution in [3.8, 4) is 11.3 Å². The highest BCUT2D eigenvalue weighted by molar-refractivity contribution is 5.60. The van der Waals surface area contributed by atoms with Gasteiger partial charge in [0.1, 0.15) is 6.33 Å². The summed E-state index contributed by atoms with van der Waals surface area (Å²) in [6.07, 6.45) is 1.45. The SMILES string of the molecule is CC.Cc1ccc(-c2cc(=O)n3[nH]cnc3n2)cc1. The first-order valence-corrected chi connectivity index (χ1v) is 6.24. The average Bonchev–Trinajstić information content (AvgIpc) is 2.91. The number of benzene rings is 1. The van der Waals surface area contributed by atoms with Gasteiger partial charge < -0.3 is 0 Å². The summed E-state index contributed by atoms with van der Waals surface area (Å²) in [5.74, 6) is 0.382. The van der Waals surface area contributed by atoms with Gasteiger partial charge in [-0.15, -0.1) is 0 Å². The van der Waals surface area contributed by atoms with Crippen LogP contribution in [0.25, 0.3) is 17.0 Å². The number of nitrogens with zero attached hydrogens (tertiary/aromatic N) is 3. The number of H-pyrrole nitrogens is 1. The van der Waals surface area contributed by atoms with E-state index in [-0.39, 0.29) is 5.56 Å². The van der Waals surface area contributed by atoms with Crippen LogP contribution in [0.5, 0.6) is 0 Å². The summed E-state index contributed by atoms with van der Waals surface area (Å²) < 4.78 is 1.30. The minimum Gasteiger partial charge on any atom is -0.278 e. The maximum atomic E-state index is 11.8. The molecule has 19 heavy (non-hydrogen) atoms. The van der Waals surface area contributed by atoms with Gasteiger partial charge in [0.05, 0.1) is 5.69 Å². The molecule has 0 fully saturated rings. The highest BCUT2D eigenvalue weighted by atomic mass is 16.1. The van der Waals surface area contributed by atoms with Crippen LogP contribution in [-0.4, -0.2) is 19.6 Å². The molecule has 3 aromatic rings. The summed E-state index contributed by atoms with van der Waals surface area (Å²) in [5.41, 5.74) is 2.56. The zero-order valence-corrected chi connectivity index (χ0v) is 11.2. The van der Waals surface area contributed by atoms with Gasteiger partial charge in [0, 0.05) is 11.6 Å². The predicted molar refractivity (Wildman–Crippen MR) is 75.1 cm³/mol. The third-order valence-corrected chi connectivity index (χ3v) is 2.62. The van der Waals surface area contributed by atoms with Crippen LogP contribution < -0.4 is 5.56 Å². The van der Waals surface area contributed by atoms with Gasteiger partial charge in [-0.2, -0.15) is 4.52 Å². The number of aromatic nitrogens is 4. The van der Waals surface area contributed by atoms with Crippen LogP contribution in [0.15, 0.2) is 41.5 Å². The monoisotopic (exact) mass is 256 g/mol. The molecule has 0 amide bonds. The average molecular weight is 256 g/mol. The fraction of sp³-hybridized carbons (Fsp3) is 0.214. The lowest BCUT2D eigenvalue weighted by atomic mass is 10.1. The quantitative estimate of drug-likeness (QED) is 0.727. The molecule has 0 unspecified atom stereocenters. The van der Waals surface area contributed by atoms with E-state index in [4.69, 9.17) is 0 Å². The minimum atomic E-state index is -0.164. The maximum absolute atomic E-state index is 11.8. The first-order valence-electron chi connectivity index (χ1n) is 6.24. The lowest BCUT2D eigenvalue weighted by Gasteiger charge is -2.00. The van der Waals surface area contributed by atoms with Gasteiger partial charge in [0.2, 0.25) is 0 Å². The summed E-state index contributed by atoms with van der Waals surface area (Å²) >= 11 is 0. The molecule has 0 bridgehead atoms. The van der Waals surface area contributed by atoms with E-state index in [9.17, 15) is 4.79 Å². The van der Waals surface area contributed by atoms with E-state index in [2.05, 4.69) is 15.1 Å². The van der Waals surface area contributed by atoms with Crippen molar-refractivity contribution in [2.45, 2.75) is 20.8 Å². The van der Waals surface area contributed by atoms with Crippen molar-refractivity contribution in [3.63, 3.8) is 0 Å². The smallest absolute Gasteiger partial charge is 0.274 e. The first kappa shape index (κ1) is 13.0. The van der Waals surface area contributed by atoms with Gasteiger partial charge >= 0.3 is 0 Å². The van der Waals surface area contributed by atoms with Crippen molar-refractivity contribution < 1.29 is 0 Å². The van der Waals surface area contributed by atoms with Crippen LogP contribution in [0.2, 0.25) is 0 Å². The molecule has 2 aromatic heterocycles. The van der Waals surface area contributed by atoms with Crippen LogP contribution >= 0.6 is 0 Å². The van der Waals surface area contributed by atoms with Crippen molar-refractivity contribution >= 4 is 5.78 Å². The molecule has 0 aliphatic rings. The van der Waals surface area contributed by atoms with Crippen molar-refractivity contribution in [2.75, 3.05) is 0 Å². The molecule has 1 N–H and O–H groups in total. The zero-order chi connectivity index (χ0) is 13.8. The van der Waals surface area contributed by atoms with E-state index < -0.39 is 0 Å². The molecular weight excluding hydrogens is 240 g/mol. The number of rotatable bonds is 1. The molecule has 2 heterocycles. The summed E-state index contributed by atoms with van der Waals surface area (Å²) in [5, 5.41) is 2.71. The molecule has 1 aromatic carbocycles. The van der Waals surface area contributed by atoms with Crippen LogP contribution in [0.3, 0.4) is 0 Å². The molecule has 98 valence electrons. The Kier molecular flexibility index (Phi) is 3.75. The highest BCUT2D eigenvalue weighted by Gasteiger charge is 2.05. The van der Waals surface area contributed by atoms with Crippen molar-refractivity contribution in [1.82, 2.24) is 19.6 Å². The van der Waals surface area contributed by atoms with Crippen molar-refractivity contribution in [3.05, 3.63) is 52.6 Å². The Hall–Kier alpha value is -2.43. The fourth-order valence-electron chi connectivity index (χ4n) is 1.69. The predicted octanol–water partition coefficient (Wildman–Crippen LogP) is 2.42. The van der Waals surface area contributed by atoms with E-state index in [1.165, 1.54) is 22.5 Å². The molecule has 0 atom stereocenters. The first-order chi connectivity index (χ1) is 9.24. The van der Waals surface area contributed by atoms with Gasteiger partial charge in [-0.1, -0.05) is 43.7 Å². The largest absolute Gasteiger partial charge is 0.278 e. The second-order valence-electron chi connectivity index (χ2n) is 3.87. The van der Waals surface area contributed by atoms with Gasteiger partial charge in [-0.25, -0.2) is 9.97 Å². The Bertz CT molecular complexity index is 725. The van der Waals surface area contributed by atoms with Crippen LogP contribution in [-0.2, 0) is 0 Å². The Morgan fingerprint density at radius 3 is 2.53 bits per heavy atom. The topological polar surface area (TPSA) is 63.0 Å². The van der Waals surface area contributed by atoms with E-state index in [0.717, 1.165) is 5.56 Å². The molecular formula is C14H16N4O. The lowest BCUT2D eigenvalue weighted by molar-refractivity contribution is 0.900. The van der Waals surface area contributed by atoms with Gasteiger partial charge in [0.25, 0.3) is 11.3 Å². The maximum Gasteiger partial charge on any atom is 0.274 e. The highest BCUT2D eigenvalue weighted by Crippen LogP contribution is 2.15. The molecule has 0 saturated heterocycles. The normalized spacial score (nSPS) is 10.1.